The lowest BCUT2D eigenvalue weighted by Crippen LogP contribution is -2.23. The first-order chi connectivity index (χ1) is 11.6. The van der Waals surface area contributed by atoms with Crippen LogP contribution in [0.5, 0.6) is 11.5 Å². The second kappa shape index (κ2) is 7.77. The van der Waals surface area contributed by atoms with Gasteiger partial charge in [-0.15, -0.1) is 0 Å². The molecule has 1 N–H and O–H groups in total. The number of carbonyl (C=O) groups excluding carboxylic acids is 1. The Labute approximate surface area is 150 Å². The van der Waals surface area contributed by atoms with E-state index >= 15 is 0 Å². The highest BCUT2D eigenvalue weighted by Gasteiger charge is 2.12. The molecular formula is C18H17Cl2NO3. The van der Waals surface area contributed by atoms with Crippen LogP contribution in [-0.4, -0.2) is 19.1 Å². The predicted molar refractivity (Wildman–Crippen MR) is 94.1 cm³/mol. The van der Waals surface area contributed by atoms with Crippen molar-refractivity contribution in [1.29, 1.82) is 0 Å². The third-order valence-corrected chi connectivity index (χ3v) is 4.33. The first kappa shape index (κ1) is 16.9. The van der Waals surface area contributed by atoms with E-state index in [0.717, 1.165) is 22.6 Å². The van der Waals surface area contributed by atoms with E-state index in [4.69, 9.17) is 32.7 Å². The summed E-state index contributed by atoms with van der Waals surface area (Å²) in [4.78, 5) is 12.0. The molecule has 0 fully saturated rings. The van der Waals surface area contributed by atoms with Crippen LogP contribution in [0.1, 0.15) is 17.5 Å². The Morgan fingerprint density at radius 1 is 1.04 bits per heavy atom. The Morgan fingerprint density at radius 3 is 2.62 bits per heavy atom. The van der Waals surface area contributed by atoms with E-state index in [0.29, 0.717) is 42.6 Å². The smallest absolute Gasteiger partial charge is 0.220 e. The van der Waals surface area contributed by atoms with Crippen LogP contribution in [0.15, 0.2) is 36.4 Å². The van der Waals surface area contributed by atoms with Crippen molar-refractivity contribution in [2.45, 2.75) is 19.4 Å². The zero-order valence-corrected chi connectivity index (χ0v) is 14.5. The van der Waals surface area contributed by atoms with Crippen molar-refractivity contribution in [2.75, 3.05) is 13.2 Å². The second-order valence-electron chi connectivity index (χ2n) is 5.49. The largest absolute Gasteiger partial charge is 0.486 e. The van der Waals surface area contributed by atoms with E-state index < -0.39 is 0 Å². The minimum atomic E-state index is -0.0316. The van der Waals surface area contributed by atoms with Gasteiger partial charge in [0.2, 0.25) is 5.91 Å². The molecule has 0 saturated carbocycles. The predicted octanol–water partition coefficient (Wildman–Crippen LogP) is 4.01. The Bertz CT molecular complexity index is 749. The van der Waals surface area contributed by atoms with Gasteiger partial charge >= 0.3 is 0 Å². The quantitative estimate of drug-likeness (QED) is 0.870. The third-order valence-electron chi connectivity index (χ3n) is 3.74. The van der Waals surface area contributed by atoms with E-state index in [9.17, 15) is 4.79 Å². The summed E-state index contributed by atoms with van der Waals surface area (Å²) in [7, 11) is 0. The highest BCUT2D eigenvalue weighted by Crippen LogP contribution is 2.31. The molecule has 0 unspecified atom stereocenters. The van der Waals surface area contributed by atoms with Crippen LogP contribution in [0.2, 0.25) is 10.0 Å². The molecular weight excluding hydrogens is 349 g/mol. The van der Waals surface area contributed by atoms with Gasteiger partial charge in [0.1, 0.15) is 13.2 Å². The molecule has 0 spiro atoms. The molecule has 24 heavy (non-hydrogen) atoms. The molecule has 4 nitrogen and oxygen atoms in total. The lowest BCUT2D eigenvalue weighted by atomic mass is 10.1. The van der Waals surface area contributed by atoms with Gasteiger partial charge in [0.05, 0.1) is 0 Å². The summed E-state index contributed by atoms with van der Waals surface area (Å²) in [6.45, 7) is 1.51. The molecule has 126 valence electrons. The van der Waals surface area contributed by atoms with Gasteiger partial charge in [-0.25, -0.2) is 0 Å². The number of aryl methyl sites for hydroxylation is 1. The van der Waals surface area contributed by atoms with Gasteiger partial charge in [0.15, 0.2) is 11.5 Å². The van der Waals surface area contributed by atoms with Gasteiger partial charge in [-0.3, -0.25) is 4.79 Å². The van der Waals surface area contributed by atoms with Gasteiger partial charge in [-0.1, -0.05) is 35.3 Å². The summed E-state index contributed by atoms with van der Waals surface area (Å²) >= 11 is 11.9. The average Bonchev–Trinajstić information content (AvgIpc) is 2.59. The average molecular weight is 366 g/mol. The van der Waals surface area contributed by atoms with Crippen molar-refractivity contribution in [2.24, 2.45) is 0 Å². The minimum absolute atomic E-state index is 0.0316. The Kier molecular flexibility index (Phi) is 5.48. The van der Waals surface area contributed by atoms with Crippen LogP contribution in [0.25, 0.3) is 0 Å². The standard InChI is InChI=1S/C18H17Cl2NO3/c19-14-4-3-13(15(20)10-14)11-21-18(22)6-2-12-1-5-16-17(9-12)24-8-7-23-16/h1,3-5,9-10H,2,6-8,11H2,(H,21,22). The fraction of sp³-hybridized carbons (Fsp3) is 0.278. The van der Waals surface area contributed by atoms with Crippen LogP contribution in [0, 0.1) is 0 Å². The van der Waals surface area contributed by atoms with E-state index in [1.165, 1.54) is 0 Å². The molecule has 0 bridgehead atoms. The van der Waals surface area contributed by atoms with Crippen LogP contribution in [0.4, 0.5) is 0 Å². The summed E-state index contributed by atoms with van der Waals surface area (Å²) in [6, 6.07) is 11.0. The maximum atomic E-state index is 12.0. The molecule has 0 aromatic heterocycles. The van der Waals surface area contributed by atoms with Gasteiger partial charge in [0.25, 0.3) is 0 Å². The van der Waals surface area contributed by atoms with Crippen molar-refractivity contribution in [1.82, 2.24) is 5.32 Å². The fourth-order valence-electron chi connectivity index (χ4n) is 2.45. The van der Waals surface area contributed by atoms with Crippen LogP contribution in [0.3, 0.4) is 0 Å². The number of ether oxygens (including phenoxy) is 2. The maximum absolute atomic E-state index is 12.0. The number of hydrogen-bond acceptors (Lipinski definition) is 3. The third kappa shape index (κ3) is 4.34. The molecule has 0 aliphatic carbocycles. The molecule has 2 aromatic rings. The van der Waals surface area contributed by atoms with Crippen LogP contribution < -0.4 is 14.8 Å². The molecule has 0 radical (unpaired) electrons. The molecule has 6 heteroatoms. The number of rotatable bonds is 5. The molecule has 1 aliphatic heterocycles. The van der Waals surface area contributed by atoms with Gasteiger partial charge in [-0.2, -0.15) is 0 Å². The van der Waals surface area contributed by atoms with Gasteiger partial charge < -0.3 is 14.8 Å². The SMILES string of the molecule is O=C(CCc1ccc2c(c1)OCCO2)NCc1ccc(Cl)cc1Cl. The van der Waals surface area contributed by atoms with E-state index in [2.05, 4.69) is 5.32 Å². The number of benzene rings is 2. The summed E-state index contributed by atoms with van der Waals surface area (Å²) in [5, 5.41) is 4.00. The van der Waals surface area contributed by atoms with Crippen molar-refractivity contribution in [3.05, 3.63) is 57.6 Å². The van der Waals surface area contributed by atoms with Crippen LogP contribution in [-0.2, 0) is 17.8 Å². The lowest BCUT2D eigenvalue weighted by Gasteiger charge is -2.18. The Hall–Kier alpha value is -1.91. The van der Waals surface area contributed by atoms with E-state index in [-0.39, 0.29) is 5.91 Å². The first-order valence-electron chi connectivity index (χ1n) is 7.71. The Morgan fingerprint density at radius 2 is 1.83 bits per heavy atom. The molecule has 1 aliphatic rings. The van der Waals surface area contributed by atoms with E-state index in [1.807, 2.05) is 24.3 Å². The summed E-state index contributed by atoms with van der Waals surface area (Å²) < 4.78 is 11.0. The normalized spacial score (nSPS) is 12.8. The lowest BCUT2D eigenvalue weighted by molar-refractivity contribution is -0.121. The van der Waals surface area contributed by atoms with Crippen molar-refractivity contribution in [3.63, 3.8) is 0 Å². The number of halogens is 2. The van der Waals surface area contributed by atoms with Gasteiger partial charge in [-0.05, 0) is 41.8 Å². The van der Waals surface area contributed by atoms with Gasteiger partial charge in [0, 0.05) is 23.0 Å². The molecule has 2 aromatic carbocycles. The molecule has 1 amide bonds. The number of nitrogens with one attached hydrogen (secondary N) is 1. The molecule has 1 heterocycles. The zero-order chi connectivity index (χ0) is 16.9. The summed E-state index contributed by atoms with van der Waals surface area (Å²) in [5.41, 5.74) is 1.88. The van der Waals surface area contributed by atoms with E-state index in [1.54, 1.807) is 12.1 Å². The highest BCUT2D eigenvalue weighted by molar-refractivity contribution is 6.35. The molecule has 3 rings (SSSR count). The Balaban J connectivity index is 1.50. The molecule has 0 atom stereocenters. The topological polar surface area (TPSA) is 47.6 Å². The highest BCUT2D eigenvalue weighted by atomic mass is 35.5. The van der Waals surface area contributed by atoms with Crippen molar-refractivity contribution >= 4 is 29.1 Å². The van der Waals surface area contributed by atoms with Crippen molar-refractivity contribution < 1.29 is 14.3 Å². The second-order valence-corrected chi connectivity index (χ2v) is 6.33. The summed E-state index contributed by atoms with van der Waals surface area (Å²) in [5.74, 6) is 1.47. The molecule has 0 saturated heterocycles. The maximum Gasteiger partial charge on any atom is 0.220 e. The van der Waals surface area contributed by atoms with Crippen LogP contribution >= 0.6 is 23.2 Å². The monoisotopic (exact) mass is 365 g/mol. The summed E-state index contributed by atoms with van der Waals surface area (Å²) in [6.07, 6.45) is 1.03. The first-order valence-corrected chi connectivity index (χ1v) is 8.46. The zero-order valence-electron chi connectivity index (χ0n) is 13.0. The number of amides is 1. The number of fused-ring (bicyclic) bond motifs is 1. The number of hydrogen-bond donors (Lipinski definition) is 1. The number of carbonyl (C=O) groups is 1. The fourth-order valence-corrected chi connectivity index (χ4v) is 2.92. The minimum Gasteiger partial charge on any atom is -0.486 e. The van der Waals surface area contributed by atoms with Crippen molar-refractivity contribution in [3.8, 4) is 11.5 Å².